The van der Waals surface area contributed by atoms with Crippen molar-refractivity contribution < 1.29 is 4.52 Å². The zero-order valence-corrected chi connectivity index (χ0v) is 14.4. The predicted octanol–water partition coefficient (Wildman–Crippen LogP) is 2.81. The number of aromatic amines is 1. The van der Waals surface area contributed by atoms with Crippen LogP contribution in [-0.2, 0) is 6.42 Å². The van der Waals surface area contributed by atoms with Gasteiger partial charge in [0.1, 0.15) is 5.82 Å². The van der Waals surface area contributed by atoms with Crippen molar-refractivity contribution in [2.75, 3.05) is 13.1 Å². The number of likely N-dealkylation sites (tertiary alicyclic amines) is 1. The first-order chi connectivity index (χ1) is 11.1. The third kappa shape index (κ3) is 3.44. The SMILES string of the molecule is CCc1nc(C2CCN([C@@H](C)c3nc(C(C)C)no3)CC2)n[nH]1. The molecule has 0 unspecified atom stereocenters. The molecule has 0 amide bonds. The number of hydrogen-bond donors (Lipinski definition) is 1. The van der Waals surface area contributed by atoms with Crippen LogP contribution in [0.5, 0.6) is 0 Å². The Balaban J connectivity index is 1.59. The van der Waals surface area contributed by atoms with Crippen molar-refractivity contribution in [2.45, 2.75) is 64.8 Å². The van der Waals surface area contributed by atoms with Crippen LogP contribution >= 0.6 is 0 Å². The summed E-state index contributed by atoms with van der Waals surface area (Å²) in [4.78, 5) is 11.5. The van der Waals surface area contributed by atoms with E-state index in [2.05, 4.69) is 57.9 Å². The van der Waals surface area contributed by atoms with E-state index < -0.39 is 0 Å². The fraction of sp³-hybridized carbons (Fsp3) is 0.750. The maximum atomic E-state index is 5.44. The van der Waals surface area contributed by atoms with Crippen LogP contribution in [0.1, 0.15) is 81.8 Å². The number of nitrogens with one attached hydrogen (secondary N) is 1. The molecule has 1 atom stereocenters. The van der Waals surface area contributed by atoms with Gasteiger partial charge in [0.2, 0.25) is 5.89 Å². The average Bonchev–Trinajstić information content (AvgIpc) is 3.23. The molecule has 1 aliphatic rings. The molecule has 7 heteroatoms. The van der Waals surface area contributed by atoms with Gasteiger partial charge in [-0.15, -0.1) is 0 Å². The lowest BCUT2D eigenvalue weighted by molar-refractivity contribution is 0.135. The van der Waals surface area contributed by atoms with E-state index in [0.717, 1.165) is 55.7 Å². The first-order valence-corrected chi connectivity index (χ1v) is 8.57. The normalized spacial score (nSPS) is 18.7. The Morgan fingerprint density at radius 2 is 1.96 bits per heavy atom. The van der Waals surface area contributed by atoms with Crippen LogP contribution in [0, 0.1) is 0 Å². The first-order valence-electron chi connectivity index (χ1n) is 8.57. The molecule has 3 heterocycles. The fourth-order valence-corrected chi connectivity index (χ4v) is 3.00. The maximum Gasteiger partial charge on any atom is 0.243 e. The maximum absolute atomic E-state index is 5.44. The van der Waals surface area contributed by atoms with E-state index in [-0.39, 0.29) is 6.04 Å². The highest BCUT2D eigenvalue weighted by Crippen LogP contribution is 2.30. The molecule has 1 saturated heterocycles. The standard InChI is InChI=1S/C16H26N6O/c1-5-13-17-15(20-19-13)12-6-8-22(9-7-12)11(4)16-18-14(10(2)3)21-23-16/h10-12H,5-9H2,1-4H3,(H,17,19,20)/t11-/m0/s1. The number of aryl methyl sites for hydroxylation is 1. The molecule has 0 spiro atoms. The van der Waals surface area contributed by atoms with Crippen LogP contribution in [-0.4, -0.2) is 43.3 Å². The lowest BCUT2D eigenvalue weighted by Gasteiger charge is -2.33. The summed E-state index contributed by atoms with van der Waals surface area (Å²) in [6, 6.07) is 0.161. The molecule has 0 aromatic carbocycles. The second-order valence-electron chi connectivity index (χ2n) is 6.63. The summed E-state index contributed by atoms with van der Waals surface area (Å²) in [7, 11) is 0. The summed E-state index contributed by atoms with van der Waals surface area (Å²) in [6.07, 6.45) is 3.03. The summed E-state index contributed by atoms with van der Waals surface area (Å²) in [5.41, 5.74) is 0. The van der Waals surface area contributed by atoms with Gasteiger partial charge in [-0.1, -0.05) is 25.9 Å². The van der Waals surface area contributed by atoms with E-state index in [1.165, 1.54) is 0 Å². The molecule has 1 fully saturated rings. The summed E-state index contributed by atoms with van der Waals surface area (Å²) < 4.78 is 5.44. The molecule has 3 rings (SSSR count). The van der Waals surface area contributed by atoms with E-state index in [0.29, 0.717) is 11.8 Å². The van der Waals surface area contributed by atoms with Gasteiger partial charge in [-0.25, -0.2) is 4.98 Å². The summed E-state index contributed by atoms with van der Waals surface area (Å²) in [5.74, 6) is 4.19. The highest BCUT2D eigenvalue weighted by molar-refractivity contribution is 5.02. The van der Waals surface area contributed by atoms with Crippen molar-refractivity contribution in [3.8, 4) is 0 Å². The summed E-state index contributed by atoms with van der Waals surface area (Å²) >= 11 is 0. The van der Waals surface area contributed by atoms with E-state index in [9.17, 15) is 0 Å². The van der Waals surface area contributed by atoms with Crippen LogP contribution in [0.2, 0.25) is 0 Å². The summed E-state index contributed by atoms with van der Waals surface area (Å²) in [5, 5.41) is 11.5. The zero-order valence-electron chi connectivity index (χ0n) is 14.4. The third-order valence-corrected chi connectivity index (χ3v) is 4.66. The number of piperidine rings is 1. The highest BCUT2D eigenvalue weighted by atomic mass is 16.5. The van der Waals surface area contributed by atoms with Crippen LogP contribution in [0.4, 0.5) is 0 Å². The molecule has 2 aromatic heterocycles. The minimum absolute atomic E-state index is 0.161. The summed E-state index contributed by atoms with van der Waals surface area (Å²) in [6.45, 7) is 10.4. The Morgan fingerprint density at radius 3 is 2.52 bits per heavy atom. The number of rotatable bonds is 5. The van der Waals surface area contributed by atoms with Gasteiger partial charge >= 0.3 is 0 Å². The van der Waals surface area contributed by atoms with E-state index in [1.54, 1.807) is 0 Å². The fourth-order valence-electron chi connectivity index (χ4n) is 3.00. The Bertz CT molecular complexity index is 626. The van der Waals surface area contributed by atoms with Gasteiger partial charge in [-0.3, -0.25) is 10.00 Å². The van der Waals surface area contributed by atoms with Gasteiger partial charge in [0.05, 0.1) is 6.04 Å². The molecule has 0 aliphatic carbocycles. The number of H-pyrrole nitrogens is 1. The minimum Gasteiger partial charge on any atom is -0.338 e. The first kappa shape index (κ1) is 16.1. The quantitative estimate of drug-likeness (QED) is 0.912. The predicted molar refractivity (Wildman–Crippen MR) is 86.1 cm³/mol. The molecule has 23 heavy (non-hydrogen) atoms. The molecular weight excluding hydrogens is 292 g/mol. The van der Waals surface area contributed by atoms with Crippen molar-refractivity contribution >= 4 is 0 Å². The number of aromatic nitrogens is 5. The van der Waals surface area contributed by atoms with Crippen LogP contribution < -0.4 is 0 Å². The molecule has 0 bridgehead atoms. The van der Waals surface area contributed by atoms with Gasteiger partial charge < -0.3 is 4.52 Å². The van der Waals surface area contributed by atoms with Crippen LogP contribution in [0.15, 0.2) is 4.52 Å². The van der Waals surface area contributed by atoms with Crippen molar-refractivity contribution in [1.82, 2.24) is 30.2 Å². The van der Waals surface area contributed by atoms with Crippen molar-refractivity contribution in [2.24, 2.45) is 0 Å². The average molecular weight is 318 g/mol. The third-order valence-electron chi connectivity index (χ3n) is 4.66. The van der Waals surface area contributed by atoms with Crippen molar-refractivity contribution in [3.05, 3.63) is 23.4 Å². The molecule has 126 valence electrons. The molecular formula is C16H26N6O. The Kier molecular flexibility index (Phi) is 4.75. The smallest absolute Gasteiger partial charge is 0.243 e. The van der Waals surface area contributed by atoms with Crippen LogP contribution in [0.25, 0.3) is 0 Å². The van der Waals surface area contributed by atoms with Gasteiger partial charge in [0.25, 0.3) is 0 Å². The Hall–Kier alpha value is -1.76. The van der Waals surface area contributed by atoms with Gasteiger partial charge in [0.15, 0.2) is 11.6 Å². The van der Waals surface area contributed by atoms with Gasteiger partial charge in [0, 0.05) is 18.3 Å². The number of nitrogens with zero attached hydrogens (tertiary/aromatic N) is 5. The molecule has 0 saturated carbocycles. The topological polar surface area (TPSA) is 83.7 Å². The second-order valence-corrected chi connectivity index (χ2v) is 6.63. The zero-order chi connectivity index (χ0) is 16.4. The molecule has 1 aliphatic heterocycles. The molecule has 7 nitrogen and oxygen atoms in total. The Labute approximate surface area is 136 Å². The Morgan fingerprint density at radius 1 is 1.22 bits per heavy atom. The second kappa shape index (κ2) is 6.78. The van der Waals surface area contributed by atoms with E-state index in [4.69, 9.17) is 4.52 Å². The van der Waals surface area contributed by atoms with E-state index >= 15 is 0 Å². The van der Waals surface area contributed by atoms with Crippen molar-refractivity contribution in [3.63, 3.8) is 0 Å². The molecule has 0 radical (unpaired) electrons. The number of hydrogen-bond acceptors (Lipinski definition) is 6. The highest BCUT2D eigenvalue weighted by Gasteiger charge is 2.29. The largest absolute Gasteiger partial charge is 0.338 e. The van der Waals surface area contributed by atoms with Crippen LogP contribution in [0.3, 0.4) is 0 Å². The van der Waals surface area contributed by atoms with Gasteiger partial charge in [-0.05, 0) is 32.9 Å². The monoisotopic (exact) mass is 318 g/mol. The minimum atomic E-state index is 0.161. The lowest BCUT2D eigenvalue weighted by Crippen LogP contribution is -2.35. The lowest BCUT2D eigenvalue weighted by atomic mass is 9.95. The van der Waals surface area contributed by atoms with Crippen molar-refractivity contribution in [1.29, 1.82) is 0 Å². The van der Waals surface area contributed by atoms with Gasteiger partial charge in [-0.2, -0.15) is 10.1 Å². The molecule has 1 N–H and O–H groups in total. The molecule has 2 aromatic rings. The van der Waals surface area contributed by atoms with E-state index in [1.807, 2.05) is 0 Å².